The number of benzene rings is 1. The molecule has 1 aromatic carbocycles. The summed E-state index contributed by atoms with van der Waals surface area (Å²) in [6, 6.07) is 9.13. The molecule has 0 saturated carbocycles. The fraction of sp³-hybridized carbons (Fsp3) is 0.368. The summed E-state index contributed by atoms with van der Waals surface area (Å²) in [5, 5.41) is 0. The number of pyridine rings is 1. The highest BCUT2D eigenvalue weighted by Gasteiger charge is 2.18. The smallest absolute Gasteiger partial charge is 0.338 e. The van der Waals surface area contributed by atoms with E-state index in [0.29, 0.717) is 17.7 Å². The van der Waals surface area contributed by atoms with Crippen molar-refractivity contribution in [3.8, 4) is 11.1 Å². The Hall–Kier alpha value is -2.36. The van der Waals surface area contributed by atoms with Crippen LogP contribution in [0.1, 0.15) is 43.6 Å². The van der Waals surface area contributed by atoms with Crippen molar-refractivity contribution >= 4 is 5.97 Å². The summed E-state index contributed by atoms with van der Waals surface area (Å²) in [4.78, 5) is 24.2. The third kappa shape index (κ3) is 4.09. The lowest BCUT2D eigenvalue weighted by Crippen LogP contribution is -2.23. The molecule has 0 aliphatic carbocycles. The van der Waals surface area contributed by atoms with Crippen LogP contribution in [0.3, 0.4) is 0 Å². The first-order chi connectivity index (χ1) is 10.7. The van der Waals surface area contributed by atoms with Crippen molar-refractivity contribution in [2.45, 2.75) is 46.8 Å². The Kier molecular flexibility index (Phi) is 4.73. The van der Waals surface area contributed by atoms with Crippen LogP contribution in [0.25, 0.3) is 11.1 Å². The Morgan fingerprint density at radius 1 is 1.17 bits per heavy atom. The molecule has 0 radical (unpaired) electrons. The molecule has 1 aromatic heterocycles. The van der Waals surface area contributed by atoms with Gasteiger partial charge >= 0.3 is 5.97 Å². The summed E-state index contributed by atoms with van der Waals surface area (Å²) in [7, 11) is 0. The van der Waals surface area contributed by atoms with Gasteiger partial charge in [0, 0.05) is 18.3 Å². The molecule has 0 aliphatic rings. The van der Waals surface area contributed by atoms with Crippen LogP contribution in [-0.2, 0) is 11.3 Å². The number of aromatic nitrogens is 1. The van der Waals surface area contributed by atoms with E-state index in [4.69, 9.17) is 4.74 Å². The van der Waals surface area contributed by atoms with Crippen LogP contribution < -0.4 is 5.56 Å². The van der Waals surface area contributed by atoms with Crippen LogP contribution in [0, 0.1) is 6.92 Å². The van der Waals surface area contributed by atoms with Crippen molar-refractivity contribution in [1.82, 2.24) is 4.57 Å². The molecule has 0 atom stereocenters. The molecule has 0 unspecified atom stereocenters. The van der Waals surface area contributed by atoms with Crippen LogP contribution in [-0.4, -0.2) is 16.1 Å². The molecule has 0 aliphatic heterocycles. The second-order valence-corrected chi connectivity index (χ2v) is 6.59. The summed E-state index contributed by atoms with van der Waals surface area (Å²) < 4.78 is 7.08. The van der Waals surface area contributed by atoms with Gasteiger partial charge in [-0.2, -0.15) is 0 Å². The minimum atomic E-state index is -0.529. The van der Waals surface area contributed by atoms with Gasteiger partial charge in [-0.15, -0.1) is 0 Å². The molecular formula is C19H23NO3. The summed E-state index contributed by atoms with van der Waals surface area (Å²) in [5.74, 6) is -0.347. The van der Waals surface area contributed by atoms with E-state index in [2.05, 4.69) is 0 Å². The minimum Gasteiger partial charge on any atom is -0.456 e. The average Bonchev–Trinajstić information content (AvgIpc) is 2.48. The van der Waals surface area contributed by atoms with Gasteiger partial charge in [-0.05, 0) is 63.9 Å². The average molecular weight is 313 g/mol. The summed E-state index contributed by atoms with van der Waals surface area (Å²) in [6.45, 7) is 9.87. The molecule has 0 spiro atoms. The van der Waals surface area contributed by atoms with Crippen molar-refractivity contribution in [2.24, 2.45) is 0 Å². The molecule has 23 heavy (non-hydrogen) atoms. The largest absolute Gasteiger partial charge is 0.456 e. The highest BCUT2D eigenvalue weighted by Crippen LogP contribution is 2.22. The summed E-state index contributed by atoms with van der Waals surface area (Å²) >= 11 is 0. The minimum absolute atomic E-state index is 0.0135. The van der Waals surface area contributed by atoms with Crippen molar-refractivity contribution < 1.29 is 9.53 Å². The number of nitrogens with zero attached hydrogens (tertiary/aromatic N) is 1. The first-order valence-corrected chi connectivity index (χ1v) is 7.76. The van der Waals surface area contributed by atoms with E-state index in [1.165, 1.54) is 0 Å². The third-order valence-corrected chi connectivity index (χ3v) is 3.44. The molecule has 0 saturated heterocycles. The number of hydrogen-bond acceptors (Lipinski definition) is 3. The Morgan fingerprint density at radius 3 is 2.48 bits per heavy atom. The second kappa shape index (κ2) is 6.41. The van der Waals surface area contributed by atoms with Gasteiger partial charge in [-0.1, -0.05) is 12.1 Å². The van der Waals surface area contributed by atoms with E-state index in [0.717, 1.165) is 11.1 Å². The first kappa shape index (κ1) is 17.0. The SMILES string of the molecule is CCn1cc(-c2cccc(C(=O)OC(C)(C)C)c2)cc(C)c1=O. The van der Waals surface area contributed by atoms with Crippen molar-refractivity contribution in [1.29, 1.82) is 0 Å². The normalized spacial score (nSPS) is 11.3. The van der Waals surface area contributed by atoms with E-state index in [-0.39, 0.29) is 11.5 Å². The van der Waals surface area contributed by atoms with Gasteiger partial charge in [-0.25, -0.2) is 4.79 Å². The molecule has 4 heteroatoms. The van der Waals surface area contributed by atoms with Gasteiger partial charge in [-0.3, -0.25) is 4.79 Å². The molecule has 0 bridgehead atoms. The van der Waals surface area contributed by atoms with E-state index >= 15 is 0 Å². The monoisotopic (exact) mass is 313 g/mol. The van der Waals surface area contributed by atoms with E-state index in [1.54, 1.807) is 23.6 Å². The number of carbonyl (C=O) groups is 1. The van der Waals surface area contributed by atoms with Crippen LogP contribution in [0.2, 0.25) is 0 Å². The van der Waals surface area contributed by atoms with Gasteiger partial charge < -0.3 is 9.30 Å². The van der Waals surface area contributed by atoms with Crippen molar-refractivity contribution in [3.05, 3.63) is 58.0 Å². The molecule has 0 N–H and O–H groups in total. The van der Waals surface area contributed by atoms with Gasteiger partial charge in [0.15, 0.2) is 0 Å². The van der Waals surface area contributed by atoms with Gasteiger partial charge in [0.1, 0.15) is 5.60 Å². The molecule has 4 nitrogen and oxygen atoms in total. The molecule has 0 amide bonds. The molecule has 1 heterocycles. The quantitative estimate of drug-likeness (QED) is 0.810. The Labute approximate surface area is 136 Å². The number of rotatable bonds is 3. The van der Waals surface area contributed by atoms with Crippen LogP contribution in [0.4, 0.5) is 0 Å². The topological polar surface area (TPSA) is 48.3 Å². The lowest BCUT2D eigenvalue weighted by molar-refractivity contribution is 0.00696. The number of ether oxygens (including phenoxy) is 1. The van der Waals surface area contributed by atoms with Crippen LogP contribution in [0.15, 0.2) is 41.3 Å². The van der Waals surface area contributed by atoms with Gasteiger partial charge in [0.05, 0.1) is 5.56 Å². The zero-order valence-electron chi connectivity index (χ0n) is 14.3. The predicted octanol–water partition coefficient (Wildman–Crippen LogP) is 3.80. The number of hydrogen-bond donors (Lipinski definition) is 0. The lowest BCUT2D eigenvalue weighted by Gasteiger charge is -2.19. The van der Waals surface area contributed by atoms with E-state index in [9.17, 15) is 9.59 Å². The molecule has 2 aromatic rings. The maximum absolute atomic E-state index is 12.2. The Bertz CT molecular complexity index is 782. The standard InChI is InChI=1S/C19H23NO3/c1-6-20-12-16(10-13(2)17(20)21)14-8-7-9-15(11-14)18(22)23-19(3,4)5/h7-12H,6H2,1-5H3. The van der Waals surface area contributed by atoms with Crippen LogP contribution in [0.5, 0.6) is 0 Å². The molecule has 122 valence electrons. The summed E-state index contributed by atoms with van der Waals surface area (Å²) in [5.41, 5.74) is 2.47. The second-order valence-electron chi connectivity index (χ2n) is 6.59. The van der Waals surface area contributed by atoms with Gasteiger partial charge in [0.2, 0.25) is 0 Å². The van der Waals surface area contributed by atoms with Gasteiger partial charge in [0.25, 0.3) is 5.56 Å². The number of carbonyl (C=O) groups excluding carboxylic acids is 1. The predicted molar refractivity (Wildman–Crippen MR) is 91.7 cm³/mol. The zero-order valence-corrected chi connectivity index (χ0v) is 14.3. The van der Waals surface area contributed by atoms with E-state index < -0.39 is 5.60 Å². The first-order valence-electron chi connectivity index (χ1n) is 7.76. The number of esters is 1. The lowest BCUT2D eigenvalue weighted by atomic mass is 10.0. The maximum Gasteiger partial charge on any atom is 0.338 e. The summed E-state index contributed by atoms with van der Waals surface area (Å²) in [6.07, 6.45) is 1.82. The molecular weight excluding hydrogens is 290 g/mol. The fourth-order valence-corrected chi connectivity index (χ4v) is 2.34. The maximum atomic E-state index is 12.2. The molecule has 2 rings (SSSR count). The number of aryl methyl sites for hydroxylation is 2. The Morgan fingerprint density at radius 2 is 1.87 bits per heavy atom. The van der Waals surface area contributed by atoms with E-state index in [1.807, 2.05) is 52.1 Å². The highest BCUT2D eigenvalue weighted by molar-refractivity contribution is 5.91. The third-order valence-electron chi connectivity index (χ3n) is 3.44. The molecule has 0 fully saturated rings. The van der Waals surface area contributed by atoms with Crippen molar-refractivity contribution in [2.75, 3.05) is 0 Å². The Balaban J connectivity index is 2.43. The van der Waals surface area contributed by atoms with Crippen molar-refractivity contribution in [3.63, 3.8) is 0 Å². The fourth-order valence-electron chi connectivity index (χ4n) is 2.34. The highest BCUT2D eigenvalue weighted by atomic mass is 16.6. The zero-order chi connectivity index (χ0) is 17.2. The van der Waals surface area contributed by atoms with Crippen LogP contribution >= 0.6 is 0 Å².